The van der Waals surface area contributed by atoms with Crippen LogP contribution in [0, 0.1) is 0 Å². The van der Waals surface area contributed by atoms with Gasteiger partial charge in [-0.1, -0.05) is 29.8 Å². The molecule has 0 saturated carbocycles. The number of imidazole rings is 1. The molecule has 2 aromatic heterocycles. The maximum absolute atomic E-state index is 12.8. The summed E-state index contributed by atoms with van der Waals surface area (Å²) in [6, 6.07) is 6.89. The average molecular weight is 341 g/mol. The molecule has 8 heteroatoms. The van der Waals surface area contributed by atoms with Crippen molar-refractivity contribution >= 4 is 23.2 Å². The van der Waals surface area contributed by atoms with Crippen LogP contribution in [0.2, 0.25) is 5.02 Å². The smallest absolute Gasteiger partial charge is 0.417 e. The van der Waals surface area contributed by atoms with Crippen molar-refractivity contribution in [3.8, 4) is 11.3 Å². The lowest BCUT2D eigenvalue weighted by Crippen LogP contribution is -2.06. The summed E-state index contributed by atoms with van der Waals surface area (Å²) in [7, 11) is 0. The molecule has 0 fully saturated rings. The van der Waals surface area contributed by atoms with Gasteiger partial charge < -0.3 is 9.51 Å². The number of alkyl halides is 3. The van der Waals surface area contributed by atoms with E-state index in [4.69, 9.17) is 11.6 Å². The van der Waals surface area contributed by atoms with E-state index in [-0.39, 0.29) is 21.9 Å². The zero-order valence-corrected chi connectivity index (χ0v) is 12.1. The predicted octanol–water partition coefficient (Wildman–Crippen LogP) is 4.37. The van der Waals surface area contributed by atoms with Crippen LogP contribution in [0.15, 0.2) is 42.7 Å². The third-order valence-electron chi connectivity index (χ3n) is 3.27. The molecule has 0 aliphatic rings. The van der Waals surface area contributed by atoms with Crippen LogP contribution in [-0.2, 0) is 6.18 Å². The van der Waals surface area contributed by atoms with Gasteiger partial charge in [0.25, 0.3) is 0 Å². The Labute approximate surface area is 132 Å². The monoisotopic (exact) mass is 340 g/mol. The third-order valence-corrected chi connectivity index (χ3v) is 3.55. The Morgan fingerprint density at radius 3 is 2.57 bits per heavy atom. The fraction of sp³-hybridized carbons (Fsp3) is 0.0667. The van der Waals surface area contributed by atoms with Crippen molar-refractivity contribution in [2.45, 2.75) is 6.18 Å². The van der Waals surface area contributed by atoms with Crippen LogP contribution in [0.25, 0.3) is 16.9 Å². The molecule has 4 nitrogen and oxygen atoms in total. The summed E-state index contributed by atoms with van der Waals surface area (Å²) in [6.45, 7) is 0. The van der Waals surface area contributed by atoms with Crippen molar-refractivity contribution in [2.24, 2.45) is 0 Å². The Bertz CT molecular complexity index is 919. The molecule has 3 aromatic rings. The van der Waals surface area contributed by atoms with Crippen LogP contribution in [0.4, 0.5) is 13.2 Å². The van der Waals surface area contributed by atoms with Gasteiger partial charge in [0.1, 0.15) is 0 Å². The van der Waals surface area contributed by atoms with E-state index in [1.807, 2.05) is 0 Å². The minimum absolute atomic E-state index is 0.00285. The van der Waals surface area contributed by atoms with Gasteiger partial charge in [0.05, 0.1) is 21.8 Å². The molecule has 3 rings (SSSR count). The molecule has 2 heterocycles. The number of aromatic nitrogens is 2. The van der Waals surface area contributed by atoms with E-state index in [1.165, 1.54) is 18.3 Å². The molecule has 0 spiro atoms. The maximum Gasteiger partial charge on any atom is 0.417 e. The zero-order valence-electron chi connectivity index (χ0n) is 11.3. The molecule has 1 N–H and O–H groups in total. The first kappa shape index (κ1) is 15.4. The van der Waals surface area contributed by atoms with Crippen molar-refractivity contribution in [3.05, 3.63) is 58.9 Å². The number of rotatable bonds is 2. The fourth-order valence-corrected chi connectivity index (χ4v) is 2.49. The molecular weight excluding hydrogens is 333 g/mol. The number of fused-ring (bicyclic) bond motifs is 1. The number of hydrogen-bond donors (Lipinski definition) is 1. The highest BCUT2D eigenvalue weighted by atomic mass is 35.5. The van der Waals surface area contributed by atoms with Gasteiger partial charge in [-0.05, 0) is 12.1 Å². The molecule has 0 amide bonds. The summed E-state index contributed by atoms with van der Waals surface area (Å²) in [6.07, 6.45) is -2.36. The predicted molar refractivity (Wildman–Crippen MR) is 77.6 cm³/mol. The van der Waals surface area contributed by atoms with Crippen LogP contribution in [0.3, 0.4) is 0 Å². The van der Waals surface area contributed by atoms with E-state index < -0.39 is 17.7 Å². The minimum atomic E-state index is -4.54. The van der Waals surface area contributed by atoms with Crippen LogP contribution in [-0.4, -0.2) is 20.5 Å². The molecule has 0 saturated heterocycles. The van der Waals surface area contributed by atoms with Crippen molar-refractivity contribution in [1.29, 1.82) is 0 Å². The normalized spacial score (nSPS) is 11.8. The van der Waals surface area contributed by atoms with Crippen LogP contribution in [0.1, 0.15) is 15.9 Å². The molecule has 0 aliphatic carbocycles. The second-order valence-corrected chi connectivity index (χ2v) is 5.19. The summed E-state index contributed by atoms with van der Waals surface area (Å²) in [5.41, 5.74) is -0.263. The Kier molecular flexibility index (Phi) is 3.52. The topological polar surface area (TPSA) is 54.6 Å². The van der Waals surface area contributed by atoms with Gasteiger partial charge in [-0.25, -0.2) is 9.78 Å². The number of aromatic carboxylic acids is 1. The van der Waals surface area contributed by atoms with E-state index in [0.29, 0.717) is 5.56 Å². The Hall–Kier alpha value is -2.54. The number of hydrogen-bond acceptors (Lipinski definition) is 2. The molecule has 0 radical (unpaired) electrons. The summed E-state index contributed by atoms with van der Waals surface area (Å²) in [5, 5.41) is 9.03. The Morgan fingerprint density at radius 1 is 1.22 bits per heavy atom. The molecular formula is C15H8ClF3N2O2. The summed E-state index contributed by atoms with van der Waals surface area (Å²) in [4.78, 5) is 15.4. The van der Waals surface area contributed by atoms with E-state index in [2.05, 4.69) is 4.98 Å². The van der Waals surface area contributed by atoms with Gasteiger partial charge >= 0.3 is 12.1 Å². The number of nitrogens with zero attached hydrogens (tertiary/aromatic N) is 2. The highest BCUT2D eigenvalue weighted by Gasteiger charge is 2.32. The average Bonchev–Trinajstić information content (AvgIpc) is 2.91. The molecule has 0 unspecified atom stereocenters. The quantitative estimate of drug-likeness (QED) is 0.753. The van der Waals surface area contributed by atoms with Crippen molar-refractivity contribution in [1.82, 2.24) is 9.38 Å². The highest BCUT2D eigenvalue weighted by Crippen LogP contribution is 2.33. The van der Waals surface area contributed by atoms with Crippen LogP contribution < -0.4 is 0 Å². The Balaban J connectivity index is 2.22. The molecule has 0 bridgehead atoms. The number of carboxylic acids is 1. The lowest BCUT2D eigenvalue weighted by atomic mass is 10.1. The first-order valence-corrected chi connectivity index (χ1v) is 6.73. The molecule has 1 aromatic carbocycles. The fourth-order valence-electron chi connectivity index (χ4n) is 2.23. The van der Waals surface area contributed by atoms with Gasteiger partial charge in [0.15, 0.2) is 5.65 Å². The lowest BCUT2D eigenvalue weighted by molar-refractivity contribution is -0.137. The van der Waals surface area contributed by atoms with Crippen LogP contribution >= 0.6 is 11.6 Å². The standard InChI is InChI=1S/C15H8ClF3N2O2/c16-11-5-8(15(17,18)19)6-21-7-12(20-13(11)21)9-3-1-2-4-10(9)14(22)23/h1-7H,(H,22,23). The number of carboxylic acid groups (broad SMARTS) is 1. The second kappa shape index (κ2) is 5.27. The van der Waals surface area contributed by atoms with Crippen molar-refractivity contribution in [3.63, 3.8) is 0 Å². The third kappa shape index (κ3) is 2.75. The first-order valence-electron chi connectivity index (χ1n) is 6.35. The second-order valence-electron chi connectivity index (χ2n) is 4.78. The number of halogens is 4. The Morgan fingerprint density at radius 2 is 1.91 bits per heavy atom. The van der Waals surface area contributed by atoms with Gasteiger partial charge in [-0.3, -0.25) is 0 Å². The summed E-state index contributed by atoms with van der Waals surface area (Å²) >= 11 is 5.87. The van der Waals surface area contributed by atoms with Crippen molar-refractivity contribution in [2.75, 3.05) is 0 Å². The lowest BCUT2D eigenvalue weighted by Gasteiger charge is -2.07. The molecule has 0 aliphatic heterocycles. The first-order chi connectivity index (χ1) is 10.8. The zero-order chi connectivity index (χ0) is 16.8. The molecule has 23 heavy (non-hydrogen) atoms. The minimum Gasteiger partial charge on any atom is -0.478 e. The SMILES string of the molecule is O=C(O)c1ccccc1-c1cn2cc(C(F)(F)F)cc(Cl)c2n1. The summed E-state index contributed by atoms with van der Waals surface area (Å²) in [5.74, 6) is -1.15. The molecule has 118 valence electrons. The van der Waals surface area contributed by atoms with Gasteiger partial charge in [-0.15, -0.1) is 0 Å². The largest absolute Gasteiger partial charge is 0.478 e. The van der Waals surface area contributed by atoms with E-state index in [9.17, 15) is 23.1 Å². The highest BCUT2D eigenvalue weighted by molar-refractivity contribution is 6.33. The number of carbonyl (C=O) groups is 1. The number of pyridine rings is 1. The molecule has 0 atom stereocenters. The maximum atomic E-state index is 12.8. The number of benzene rings is 1. The van der Waals surface area contributed by atoms with Gasteiger partial charge in [-0.2, -0.15) is 13.2 Å². The van der Waals surface area contributed by atoms with Crippen LogP contribution in [0.5, 0.6) is 0 Å². The van der Waals surface area contributed by atoms with Gasteiger partial charge in [0.2, 0.25) is 0 Å². The van der Waals surface area contributed by atoms with E-state index >= 15 is 0 Å². The van der Waals surface area contributed by atoms with Gasteiger partial charge in [0, 0.05) is 18.0 Å². The van der Waals surface area contributed by atoms with E-state index in [1.54, 1.807) is 12.1 Å². The van der Waals surface area contributed by atoms with E-state index in [0.717, 1.165) is 16.7 Å². The summed E-state index contributed by atoms with van der Waals surface area (Å²) < 4.78 is 39.6. The van der Waals surface area contributed by atoms with Crippen molar-refractivity contribution < 1.29 is 23.1 Å².